The summed E-state index contributed by atoms with van der Waals surface area (Å²) in [7, 11) is 0. The Bertz CT molecular complexity index is 343. The zero-order valence-electron chi connectivity index (χ0n) is 11.5. The molecule has 3 saturated carbocycles. The maximum Gasteiger partial charge on any atom is 0.0654 e. The lowest BCUT2D eigenvalue weighted by Crippen LogP contribution is -2.43. The summed E-state index contributed by atoms with van der Waals surface area (Å²) >= 11 is 0. The van der Waals surface area contributed by atoms with Crippen molar-refractivity contribution in [2.75, 3.05) is 0 Å². The summed E-state index contributed by atoms with van der Waals surface area (Å²) in [6.07, 6.45) is 3.89. The molecule has 0 aromatic rings. The highest BCUT2D eigenvalue weighted by Crippen LogP contribution is 2.71. The molecule has 0 aromatic heterocycles. The minimum Gasteiger partial charge on any atom is -0.390 e. The van der Waals surface area contributed by atoms with E-state index in [1.807, 2.05) is 13.8 Å². The Balaban J connectivity index is 1.99. The molecular weight excluding hydrogens is 212 g/mol. The van der Waals surface area contributed by atoms with E-state index >= 15 is 0 Å². The van der Waals surface area contributed by atoms with Crippen LogP contribution < -0.4 is 0 Å². The van der Waals surface area contributed by atoms with Gasteiger partial charge in [-0.2, -0.15) is 0 Å². The number of hydrogen-bond donors (Lipinski definition) is 2. The molecule has 0 unspecified atom stereocenters. The van der Waals surface area contributed by atoms with Gasteiger partial charge in [-0.3, -0.25) is 0 Å². The quantitative estimate of drug-likeness (QED) is 0.681. The third-order valence-electron chi connectivity index (χ3n) is 6.40. The van der Waals surface area contributed by atoms with Gasteiger partial charge in [0.1, 0.15) is 0 Å². The Morgan fingerprint density at radius 2 is 1.29 bits per heavy atom. The van der Waals surface area contributed by atoms with Crippen molar-refractivity contribution in [3.05, 3.63) is 0 Å². The SMILES string of the molecule is CC1(C)[C@H]2[C@H]3[C@H](CC[C@@]3(C)O)[C@](C)(O)CC[C@H]21. The number of aliphatic hydroxyl groups is 2. The van der Waals surface area contributed by atoms with E-state index in [4.69, 9.17) is 0 Å². The second-order valence-electron chi connectivity index (χ2n) is 7.88. The van der Waals surface area contributed by atoms with Crippen molar-refractivity contribution < 1.29 is 10.2 Å². The first kappa shape index (κ1) is 12.0. The molecule has 0 heterocycles. The minimum absolute atomic E-state index is 0.300. The summed E-state index contributed by atoms with van der Waals surface area (Å²) in [5.41, 5.74) is -0.738. The van der Waals surface area contributed by atoms with Gasteiger partial charge in [-0.05, 0) is 68.6 Å². The minimum atomic E-state index is -0.561. The molecule has 3 aliphatic rings. The average Bonchev–Trinajstić information content (AvgIpc) is 2.59. The predicted molar refractivity (Wildman–Crippen MR) is 67.5 cm³/mol. The van der Waals surface area contributed by atoms with Crippen LogP contribution in [0.15, 0.2) is 0 Å². The number of rotatable bonds is 0. The zero-order chi connectivity index (χ0) is 12.6. The second-order valence-corrected chi connectivity index (χ2v) is 7.88. The van der Waals surface area contributed by atoms with Gasteiger partial charge in [0, 0.05) is 0 Å². The summed E-state index contributed by atoms with van der Waals surface area (Å²) in [4.78, 5) is 0. The largest absolute Gasteiger partial charge is 0.390 e. The van der Waals surface area contributed by atoms with E-state index in [2.05, 4.69) is 13.8 Å². The van der Waals surface area contributed by atoms with Crippen LogP contribution in [0.3, 0.4) is 0 Å². The molecule has 6 atom stereocenters. The Hall–Kier alpha value is -0.0800. The fraction of sp³-hybridized carbons (Fsp3) is 1.00. The van der Waals surface area contributed by atoms with Crippen LogP contribution in [0, 0.1) is 29.1 Å². The second kappa shape index (κ2) is 3.08. The van der Waals surface area contributed by atoms with Crippen LogP contribution >= 0.6 is 0 Å². The molecule has 3 fully saturated rings. The van der Waals surface area contributed by atoms with Gasteiger partial charge in [-0.1, -0.05) is 13.8 Å². The molecule has 17 heavy (non-hydrogen) atoms. The van der Waals surface area contributed by atoms with Crippen molar-refractivity contribution in [3.63, 3.8) is 0 Å². The standard InChI is InChI=1S/C15H26O2/c1-13(2)9-5-7-14(3,16)10-6-8-15(4,17)12(10)11(9)13/h9-12,16-17H,5-8H2,1-4H3/t9-,10+,11-,12-,14-,15-/m1/s1. The summed E-state index contributed by atoms with van der Waals surface area (Å²) in [5.74, 6) is 1.95. The maximum absolute atomic E-state index is 10.7. The van der Waals surface area contributed by atoms with Gasteiger partial charge in [0.15, 0.2) is 0 Å². The molecule has 98 valence electrons. The Morgan fingerprint density at radius 3 is 1.94 bits per heavy atom. The smallest absolute Gasteiger partial charge is 0.0654 e. The van der Waals surface area contributed by atoms with Gasteiger partial charge < -0.3 is 10.2 Å². The summed E-state index contributed by atoms with van der Waals surface area (Å²) in [5, 5.41) is 21.3. The van der Waals surface area contributed by atoms with Gasteiger partial charge in [0.25, 0.3) is 0 Å². The lowest BCUT2D eigenvalue weighted by atomic mass is 9.73. The fourth-order valence-corrected chi connectivity index (χ4v) is 5.25. The van der Waals surface area contributed by atoms with Gasteiger partial charge in [0.2, 0.25) is 0 Å². The average molecular weight is 238 g/mol. The molecule has 0 saturated heterocycles. The van der Waals surface area contributed by atoms with E-state index in [0.29, 0.717) is 29.1 Å². The van der Waals surface area contributed by atoms with E-state index < -0.39 is 11.2 Å². The van der Waals surface area contributed by atoms with Crippen LogP contribution in [0.1, 0.15) is 53.4 Å². The third-order valence-corrected chi connectivity index (χ3v) is 6.40. The normalized spacial score (nSPS) is 60.4. The van der Waals surface area contributed by atoms with Crippen molar-refractivity contribution in [3.8, 4) is 0 Å². The first-order chi connectivity index (χ1) is 7.68. The van der Waals surface area contributed by atoms with Crippen molar-refractivity contribution in [1.29, 1.82) is 0 Å². The molecule has 3 aliphatic carbocycles. The Labute approximate surface area is 104 Å². The molecule has 3 rings (SSSR count). The van der Waals surface area contributed by atoms with Crippen molar-refractivity contribution in [2.24, 2.45) is 29.1 Å². The predicted octanol–water partition coefficient (Wildman–Crippen LogP) is 2.58. The molecule has 0 bridgehead atoms. The van der Waals surface area contributed by atoms with E-state index in [-0.39, 0.29) is 0 Å². The van der Waals surface area contributed by atoms with Crippen LogP contribution in [0.25, 0.3) is 0 Å². The highest BCUT2D eigenvalue weighted by Gasteiger charge is 2.69. The highest BCUT2D eigenvalue weighted by molar-refractivity contribution is 5.18. The molecular formula is C15H26O2. The highest BCUT2D eigenvalue weighted by atomic mass is 16.3. The number of fused-ring (bicyclic) bond motifs is 3. The van der Waals surface area contributed by atoms with Crippen LogP contribution in [-0.2, 0) is 0 Å². The third kappa shape index (κ3) is 1.46. The van der Waals surface area contributed by atoms with Crippen LogP contribution in [0.2, 0.25) is 0 Å². The lowest BCUT2D eigenvalue weighted by Gasteiger charge is -2.37. The zero-order valence-corrected chi connectivity index (χ0v) is 11.5. The Morgan fingerprint density at radius 1 is 0.765 bits per heavy atom. The van der Waals surface area contributed by atoms with Gasteiger partial charge in [-0.25, -0.2) is 0 Å². The van der Waals surface area contributed by atoms with Crippen LogP contribution in [0.4, 0.5) is 0 Å². The fourth-order valence-electron chi connectivity index (χ4n) is 5.25. The molecule has 2 N–H and O–H groups in total. The monoisotopic (exact) mass is 238 g/mol. The van der Waals surface area contributed by atoms with Crippen molar-refractivity contribution >= 4 is 0 Å². The van der Waals surface area contributed by atoms with E-state index in [0.717, 1.165) is 25.7 Å². The van der Waals surface area contributed by atoms with E-state index in [1.54, 1.807) is 0 Å². The van der Waals surface area contributed by atoms with Crippen LogP contribution in [-0.4, -0.2) is 21.4 Å². The maximum atomic E-state index is 10.7. The van der Waals surface area contributed by atoms with Crippen molar-refractivity contribution in [2.45, 2.75) is 64.6 Å². The van der Waals surface area contributed by atoms with Crippen molar-refractivity contribution in [1.82, 2.24) is 0 Å². The van der Waals surface area contributed by atoms with Crippen LogP contribution in [0.5, 0.6) is 0 Å². The summed E-state index contributed by atoms with van der Waals surface area (Å²) < 4.78 is 0. The van der Waals surface area contributed by atoms with Gasteiger partial charge in [-0.15, -0.1) is 0 Å². The van der Waals surface area contributed by atoms with Gasteiger partial charge in [0.05, 0.1) is 11.2 Å². The first-order valence-corrected chi connectivity index (χ1v) is 7.13. The van der Waals surface area contributed by atoms with Gasteiger partial charge >= 0.3 is 0 Å². The molecule has 0 amide bonds. The molecule has 0 spiro atoms. The number of hydrogen-bond acceptors (Lipinski definition) is 2. The molecule has 0 aliphatic heterocycles. The Kier molecular flexibility index (Phi) is 2.17. The molecule has 2 heteroatoms. The topological polar surface area (TPSA) is 40.5 Å². The molecule has 0 aromatic carbocycles. The van der Waals surface area contributed by atoms with E-state index in [9.17, 15) is 10.2 Å². The summed E-state index contributed by atoms with van der Waals surface area (Å²) in [6, 6.07) is 0. The lowest BCUT2D eigenvalue weighted by molar-refractivity contribution is -0.0663. The molecule has 2 nitrogen and oxygen atoms in total. The first-order valence-electron chi connectivity index (χ1n) is 7.13. The molecule has 0 radical (unpaired) electrons. The van der Waals surface area contributed by atoms with E-state index in [1.165, 1.54) is 0 Å². The summed E-state index contributed by atoms with van der Waals surface area (Å²) in [6.45, 7) is 8.66.